The molecule has 2 rings (SSSR count). The van der Waals surface area contributed by atoms with Crippen molar-refractivity contribution in [2.24, 2.45) is 0 Å². The van der Waals surface area contributed by atoms with Crippen LogP contribution >= 0.6 is 11.6 Å². The first-order valence-corrected chi connectivity index (χ1v) is 9.65. The van der Waals surface area contributed by atoms with Gasteiger partial charge in [-0.2, -0.15) is 0 Å². The van der Waals surface area contributed by atoms with E-state index in [0.717, 1.165) is 16.1 Å². The van der Waals surface area contributed by atoms with Crippen molar-refractivity contribution in [3.8, 4) is 0 Å². The van der Waals surface area contributed by atoms with E-state index < -0.39 is 15.9 Å². The molecule has 0 aliphatic heterocycles. The molecule has 0 fully saturated rings. The number of halogens is 1. The average Bonchev–Trinajstić information content (AvgIpc) is 2.54. The maximum absolute atomic E-state index is 12.3. The molecule has 24 heavy (non-hydrogen) atoms. The second kappa shape index (κ2) is 7.68. The summed E-state index contributed by atoms with van der Waals surface area (Å²) in [7, 11) is -3.59. The summed E-state index contributed by atoms with van der Waals surface area (Å²) in [5, 5.41) is 3.23. The zero-order chi connectivity index (χ0) is 17.7. The zero-order valence-corrected chi connectivity index (χ0v) is 15.1. The van der Waals surface area contributed by atoms with Crippen LogP contribution in [-0.4, -0.2) is 27.1 Å². The van der Waals surface area contributed by atoms with E-state index in [1.165, 1.54) is 0 Å². The number of rotatable bonds is 6. The molecule has 0 aromatic heterocycles. The fraction of sp³-hybridized carbons (Fsp3) is 0.235. The highest BCUT2D eigenvalue weighted by atomic mass is 35.5. The highest BCUT2D eigenvalue weighted by molar-refractivity contribution is 7.92. The number of nitrogens with zero attached hydrogens (tertiary/aromatic N) is 1. The number of carbonyl (C=O) groups excluding carboxylic acids is 1. The summed E-state index contributed by atoms with van der Waals surface area (Å²) in [6.07, 6.45) is 1.76. The van der Waals surface area contributed by atoms with Gasteiger partial charge >= 0.3 is 0 Å². The molecule has 2 aromatic rings. The fourth-order valence-corrected chi connectivity index (χ4v) is 3.31. The predicted molar refractivity (Wildman–Crippen MR) is 98.1 cm³/mol. The van der Waals surface area contributed by atoms with E-state index in [9.17, 15) is 13.2 Å². The Balaban J connectivity index is 2.23. The first kappa shape index (κ1) is 18.3. The normalized spacial score (nSPS) is 11.1. The van der Waals surface area contributed by atoms with Crippen LogP contribution in [0.4, 0.5) is 11.4 Å². The van der Waals surface area contributed by atoms with Gasteiger partial charge in [-0.05, 0) is 42.3 Å². The third-order valence-electron chi connectivity index (χ3n) is 3.46. The molecule has 0 spiro atoms. The number of benzene rings is 2. The van der Waals surface area contributed by atoms with Gasteiger partial charge in [-0.15, -0.1) is 0 Å². The maximum Gasteiger partial charge on any atom is 0.245 e. The molecule has 1 amide bonds. The maximum atomic E-state index is 12.3. The second-order valence-corrected chi connectivity index (χ2v) is 7.65. The van der Waals surface area contributed by atoms with Crippen LogP contribution in [0.1, 0.15) is 12.5 Å². The Bertz CT molecular complexity index is 820. The Kier molecular flexibility index (Phi) is 5.85. The number of carbonyl (C=O) groups is 1. The fourth-order valence-electron chi connectivity index (χ4n) is 2.30. The van der Waals surface area contributed by atoms with Crippen molar-refractivity contribution in [2.75, 3.05) is 22.4 Å². The molecule has 128 valence electrons. The van der Waals surface area contributed by atoms with Crippen LogP contribution in [-0.2, 0) is 21.2 Å². The summed E-state index contributed by atoms with van der Waals surface area (Å²) in [6.45, 7) is 1.64. The molecule has 0 atom stereocenters. The summed E-state index contributed by atoms with van der Waals surface area (Å²) in [5.74, 6) is -0.423. The van der Waals surface area contributed by atoms with Crippen LogP contribution in [0.25, 0.3) is 0 Å². The van der Waals surface area contributed by atoms with Crippen LogP contribution in [0.2, 0.25) is 5.02 Å². The van der Waals surface area contributed by atoms with E-state index in [1.54, 1.807) is 36.4 Å². The highest BCUT2D eigenvalue weighted by Gasteiger charge is 2.22. The first-order chi connectivity index (χ1) is 11.3. The van der Waals surface area contributed by atoms with Gasteiger partial charge in [-0.3, -0.25) is 9.10 Å². The lowest BCUT2D eigenvalue weighted by molar-refractivity contribution is -0.114. The van der Waals surface area contributed by atoms with Crippen molar-refractivity contribution in [1.82, 2.24) is 0 Å². The quantitative estimate of drug-likeness (QED) is 0.852. The van der Waals surface area contributed by atoms with Gasteiger partial charge in [0, 0.05) is 10.7 Å². The van der Waals surface area contributed by atoms with E-state index in [4.69, 9.17) is 11.6 Å². The van der Waals surface area contributed by atoms with Gasteiger partial charge in [-0.1, -0.05) is 36.7 Å². The van der Waals surface area contributed by atoms with Crippen molar-refractivity contribution in [3.63, 3.8) is 0 Å². The SMILES string of the molecule is CCc1ccccc1N(CC(=O)Nc1ccc(Cl)cc1)S(C)(=O)=O. The molecule has 2 aromatic carbocycles. The molecular weight excluding hydrogens is 348 g/mol. The molecule has 1 N–H and O–H groups in total. The molecule has 0 bridgehead atoms. The van der Waals surface area contributed by atoms with Gasteiger partial charge in [0.1, 0.15) is 6.54 Å². The summed E-state index contributed by atoms with van der Waals surface area (Å²) >= 11 is 5.81. The van der Waals surface area contributed by atoms with E-state index in [2.05, 4.69) is 5.32 Å². The van der Waals surface area contributed by atoms with Crippen LogP contribution in [0, 0.1) is 0 Å². The van der Waals surface area contributed by atoms with Gasteiger partial charge < -0.3 is 5.32 Å². The van der Waals surface area contributed by atoms with Crippen LogP contribution < -0.4 is 9.62 Å². The minimum absolute atomic E-state index is 0.293. The third kappa shape index (κ3) is 4.72. The molecule has 0 saturated heterocycles. The molecule has 0 aliphatic carbocycles. The Morgan fingerprint density at radius 1 is 1.12 bits per heavy atom. The first-order valence-electron chi connectivity index (χ1n) is 7.42. The highest BCUT2D eigenvalue weighted by Crippen LogP contribution is 2.23. The molecule has 0 heterocycles. The second-order valence-electron chi connectivity index (χ2n) is 5.31. The third-order valence-corrected chi connectivity index (χ3v) is 4.84. The Morgan fingerprint density at radius 3 is 2.33 bits per heavy atom. The topological polar surface area (TPSA) is 66.5 Å². The van der Waals surface area contributed by atoms with Crippen molar-refractivity contribution in [3.05, 3.63) is 59.1 Å². The number of hydrogen-bond acceptors (Lipinski definition) is 3. The van der Waals surface area contributed by atoms with Gasteiger partial charge in [0.15, 0.2) is 0 Å². The van der Waals surface area contributed by atoms with E-state index in [-0.39, 0.29) is 6.54 Å². The number of hydrogen-bond donors (Lipinski definition) is 1. The Labute approximate surface area is 147 Å². The van der Waals surface area contributed by atoms with Crippen LogP contribution in [0.5, 0.6) is 0 Å². The van der Waals surface area contributed by atoms with Gasteiger partial charge in [-0.25, -0.2) is 8.42 Å². The summed E-state index contributed by atoms with van der Waals surface area (Å²) < 4.78 is 25.4. The largest absolute Gasteiger partial charge is 0.325 e. The summed E-state index contributed by atoms with van der Waals surface area (Å²) in [6, 6.07) is 13.8. The summed E-state index contributed by atoms with van der Waals surface area (Å²) in [4.78, 5) is 12.3. The number of para-hydroxylation sites is 1. The smallest absolute Gasteiger partial charge is 0.245 e. The molecular formula is C17H19ClN2O3S. The van der Waals surface area contributed by atoms with E-state index in [1.807, 2.05) is 19.1 Å². The van der Waals surface area contributed by atoms with Gasteiger partial charge in [0.05, 0.1) is 11.9 Å². The minimum Gasteiger partial charge on any atom is -0.325 e. The van der Waals surface area contributed by atoms with E-state index in [0.29, 0.717) is 22.8 Å². The monoisotopic (exact) mass is 366 g/mol. The predicted octanol–water partition coefficient (Wildman–Crippen LogP) is 3.31. The molecule has 0 aliphatic rings. The lowest BCUT2D eigenvalue weighted by atomic mass is 10.1. The van der Waals surface area contributed by atoms with Crippen molar-refractivity contribution >= 4 is 38.9 Å². The number of anilines is 2. The molecule has 7 heteroatoms. The van der Waals surface area contributed by atoms with E-state index >= 15 is 0 Å². The molecule has 0 radical (unpaired) electrons. The molecule has 5 nitrogen and oxygen atoms in total. The number of nitrogens with one attached hydrogen (secondary N) is 1. The van der Waals surface area contributed by atoms with Gasteiger partial charge in [0.25, 0.3) is 0 Å². The number of aryl methyl sites for hydroxylation is 1. The lowest BCUT2D eigenvalue weighted by Gasteiger charge is -2.24. The minimum atomic E-state index is -3.59. The average molecular weight is 367 g/mol. The van der Waals surface area contributed by atoms with Crippen molar-refractivity contribution < 1.29 is 13.2 Å². The van der Waals surface area contributed by atoms with Crippen molar-refractivity contribution in [1.29, 1.82) is 0 Å². The number of sulfonamides is 1. The lowest BCUT2D eigenvalue weighted by Crippen LogP contribution is -2.38. The Morgan fingerprint density at radius 2 is 1.75 bits per heavy atom. The molecule has 0 saturated carbocycles. The number of amides is 1. The Hall–Kier alpha value is -2.05. The van der Waals surface area contributed by atoms with Crippen molar-refractivity contribution in [2.45, 2.75) is 13.3 Å². The standard InChI is InChI=1S/C17H19ClN2O3S/c1-3-13-6-4-5-7-16(13)20(24(2,22)23)12-17(21)19-15-10-8-14(18)9-11-15/h4-11H,3,12H2,1-2H3,(H,19,21). The van der Waals surface area contributed by atoms with Crippen LogP contribution in [0.15, 0.2) is 48.5 Å². The van der Waals surface area contributed by atoms with Crippen LogP contribution in [0.3, 0.4) is 0 Å². The zero-order valence-electron chi connectivity index (χ0n) is 13.5. The van der Waals surface area contributed by atoms with Gasteiger partial charge in [0.2, 0.25) is 15.9 Å². The summed E-state index contributed by atoms with van der Waals surface area (Å²) in [5.41, 5.74) is 1.94. The molecule has 0 unspecified atom stereocenters.